The molecule has 0 saturated carbocycles. The Morgan fingerprint density at radius 1 is 0.606 bits per heavy atom. The summed E-state index contributed by atoms with van der Waals surface area (Å²) in [5, 5.41) is 12.3. The highest BCUT2D eigenvalue weighted by molar-refractivity contribution is 7.08. The third-order valence-electron chi connectivity index (χ3n) is 6.73. The highest BCUT2D eigenvalue weighted by Crippen LogP contribution is 2.33. The van der Waals surface area contributed by atoms with Crippen LogP contribution >= 0.6 is 11.3 Å². The molecule has 1 aliphatic carbocycles. The molecule has 0 bridgehead atoms. The summed E-state index contributed by atoms with van der Waals surface area (Å²) >= 11 is 1.70. The first-order valence-corrected chi connectivity index (χ1v) is 12.6. The quantitative estimate of drug-likeness (QED) is 0.231. The lowest BCUT2D eigenvalue weighted by atomic mass is 9.86. The molecule has 6 aromatic rings. The standard InChI is InChI=1S/C18H16.C13H9NS/c1-3-7-15-13(5-1)9-11-18-16-8-4-2-6-14(16)10-12-17(15)18;1-2-4-12-10(3-1)5-7-14-13(12)11-6-8-15-9-11/h1,3,5,7,9-12H,2,4,6,8H2;1-9H. The average molecular weight is 444 g/mol. The first-order chi connectivity index (χ1) is 16.4. The van der Waals surface area contributed by atoms with Gasteiger partial charge in [-0.1, -0.05) is 72.8 Å². The van der Waals surface area contributed by atoms with E-state index in [0.717, 1.165) is 5.69 Å². The van der Waals surface area contributed by atoms with Crippen LogP contribution in [0.5, 0.6) is 0 Å². The van der Waals surface area contributed by atoms with E-state index in [1.165, 1.54) is 63.6 Å². The van der Waals surface area contributed by atoms with Gasteiger partial charge in [-0.05, 0) is 81.3 Å². The molecule has 33 heavy (non-hydrogen) atoms. The average Bonchev–Trinajstić information content (AvgIpc) is 3.43. The fourth-order valence-corrected chi connectivity index (χ4v) is 5.73. The number of fused-ring (bicyclic) bond motifs is 6. The molecule has 2 heterocycles. The Kier molecular flexibility index (Phi) is 5.37. The van der Waals surface area contributed by atoms with E-state index in [2.05, 4.69) is 94.6 Å². The summed E-state index contributed by atoms with van der Waals surface area (Å²) in [5.74, 6) is 0. The minimum atomic E-state index is 1.08. The fraction of sp³-hybridized carbons (Fsp3) is 0.129. The van der Waals surface area contributed by atoms with Crippen molar-refractivity contribution in [2.75, 3.05) is 0 Å². The summed E-state index contributed by atoms with van der Waals surface area (Å²) in [5.41, 5.74) is 5.46. The molecular formula is C31H25NS. The molecule has 1 aliphatic rings. The largest absolute Gasteiger partial charge is 0.256 e. The summed E-state index contributed by atoms with van der Waals surface area (Å²) in [6, 6.07) is 30.5. The number of aromatic nitrogens is 1. The highest BCUT2D eigenvalue weighted by Gasteiger charge is 2.13. The Balaban J connectivity index is 0.000000127. The normalized spacial score (nSPS) is 13.0. The van der Waals surface area contributed by atoms with Gasteiger partial charge in [0.1, 0.15) is 0 Å². The minimum absolute atomic E-state index is 1.08. The summed E-state index contributed by atoms with van der Waals surface area (Å²) in [6.07, 6.45) is 7.09. The van der Waals surface area contributed by atoms with Gasteiger partial charge < -0.3 is 0 Å². The molecule has 0 saturated heterocycles. The van der Waals surface area contributed by atoms with E-state index in [1.54, 1.807) is 22.5 Å². The van der Waals surface area contributed by atoms with Crippen LogP contribution in [0.3, 0.4) is 0 Å². The Hall–Kier alpha value is -3.49. The second-order valence-electron chi connectivity index (χ2n) is 8.68. The molecule has 2 aromatic heterocycles. The van der Waals surface area contributed by atoms with Gasteiger partial charge in [-0.25, -0.2) is 0 Å². The molecule has 4 aromatic carbocycles. The lowest BCUT2D eigenvalue weighted by Gasteiger charge is -2.18. The molecule has 160 valence electrons. The van der Waals surface area contributed by atoms with E-state index in [-0.39, 0.29) is 0 Å². The smallest absolute Gasteiger partial charge is 0.0788 e. The van der Waals surface area contributed by atoms with Crippen molar-refractivity contribution in [1.29, 1.82) is 0 Å². The molecule has 0 amide bonds. The van der Waals surface area contributed by atoms with Gasteiger partial charge in [0, 0.05) is 22.5 Å². The van der Waals surface area contributed by atoms with Crippen LogP contribution in [0.2, 0.25) is 0 Å². The lowest BCUT2D eigenvalue weighted by molar-refractivity contribution is 0.690. The fourth-order valence-electron chi connectivity index (χ4n) is 5.09. The van der Waals surface area contributed by atoms with Gasteiger partial charge in [0.05, 0.1) is 5.69 Å². The Labute approximate surface area is 198 Å². The van der Waals surface area contributed by atoms with E-state index in [1.807, 2.05) is 12.3 Å². The van der Waals surface area contributed by atoms with E-state index < -0.39 is 0 Å². The Morgan fingerprint density at radius 2 is 1.36 bits per heavy atom. The predicted molar refractivity (Wildman–Crippen MR) is 143 cm³/mol. The van der Waals surface area contributed by atoms with Gasteiger partial charge in [-0.2, -0.15) is 11.3 Å². The predicted octanol–water partition coefficient (Wildman–Crippen LogP) is 8.84. The van der Waals surface area contributed by atoms with E-state index in [9.17, 15) is 0 Å². The number of thiophene rings is 1. The van der Waals surface area contributed by atoms with Crippen LogP contribution in [-0.2, 0) is 12.8 Å². The van der Waals surface area contributed by atoms with Crippen molar-refractivity contribution in [2.24, 2.45) is 0 Å². The molecule has 0 fully saturated rings. The van der Waals surface area contributed by atoms with E-state index in [0.29, 0.717) is 0 Å². The van der Waals surface area contributed by atoms with Crippen molar-refractivity contribution in [3.8, 4) is 11.3 Å². The maximum absolute atomic E-state index is 4.46. The van der Waals surface area contributed by atoms with Crippen molar-refractivity contribution < 1.29 is 0 Å². The summed E-state index contributed by atoms with van der Waals surface area (Å²) < 4.78 is 0. The first-order valence-electron chi connectivity index (χ1n) is 11.7. The van der Waals surface area contributed by atoms with Crippen LogP contribution < -0.4 is 0 Å². The third-order valence-corrected chi connectivity index (χ3v) is 7.41. The van der Waals surface area contributed by atoms with Crippen LogP contribution in [-0.4, -0.2) is 4.98 Å². The number of aryl methyl sites for hydroxylation is 2. The van der Waals surface area contributed by atoms with Crippen molar-refractivity contribution in [3.63, 3.8) is 0 Å². The molecule has 0 atom stereocenters. The molecule has 0 unspecified atom stereocenters. The monoisotopic (exact) mass is 443 g/mol. The van der Waals surface area contributed by atoms with Gasteiger partial charge in [-0.3, -0.25) is 4.98 Å². The minimum Gasteiger partial charge on any atom is -0.256 e. The number of benzene rings is 4. The van der Waals surface area contributed by atoms with Crippen LogP contribution in [0.1, 0.15) is 24.0 Å². The molecule has 7 rings (SSSR count). The SMILES string of the molecule is c1ccc2c(-c3ccsc3)nccc2c1.c1ccc2c(c1)ccc1c3c(ccc12)CCCC3. The van der Waals surface area contributed by atoms with Crippen molar-refractivity contribution in [3.05, 3.63) is 113 Å². The third kappa shape index (κ3) is 3.81. The zero-order valence-corrected chi connectivity index (χ0v) is 19.3. The summed E-state index contributed by atoms with van der Waals surface area (Å²) in [4.78, 5) is 4.46. The van der Waals surface area contributed by atoms with Crippen LogP contribution in [0, 0.1) is 0 Å². The van der Waals surface area contributed by atoms with Crippen LogP contribution in [0.15, 0.2) is 102 Å². The molecule has 1 nitrogen and oxygen atoms in total. The van der Waals surface area contributed by atoms with Crippen molar-refractivity contribution in [2.45, 2.75) is 25.7 Å². The zero-order valence-electron chi connectivity index (χ0n) is 18.5. The number of pyridine rings is 1. The summed E-state index contributed by atoms with van der Waals surface area (Å²) in [7, 11) is 0. The van der Waals surface area contributed by atoms with Crippen LogP contribution in [0.4, 0.5) is 0 Å². The molecule has 0 N–H and O–H groups in total. The van der Waals surface area contributed by atoms with E-state index >= 15 is 0 Å². The van der Waals surface area contributed by atoms with Crippen LogP contribution in [0.25, 0.3) is 43.6 Å². The first kappa shape index (κ1) is 20.1. The second-order valence-corrected chi connectivity index (χ2v) is 9.46. The number of nitrogens with zero attached hydrogens (tertiary/aromatic N) is 1. The van der Waals surface area contributed by atoms with Gasteiger partial charge in [0.15, 0.2) is 0 Å². The van der Waals surface area contributed by atoms with Gasteiger partial charge >= 0.3 is 0 Å². The van der Waals surface area contributed by atoms with E-state index in [4.69, 9.17) is 0 Å². The van der Waals surface area contributed by atoms with Gasteiger partial charge in [0.2, 0.25) is 0 Å². The number of rotatable bonds is 1. The summed E-state index contributed by atoms with van der Waals surface area (Å²) in [6.45, 7) is 0. The molecule has 0 spiro atoms. The molecular weight excluding hydrogens is 418 g/mol. The maximum atomic E-state index is 4.46. The van der Waals surface area contributed by atoms with Crippen molar-refractivity contribution in [1.82, 2.24) is 4.98 Å². The lowest BCUT2D eigenvalue weighted by Crippen LogP contribution is -2.02. The topological polar surface area (TPSA) is 12.9 Å². The van der Waals surface area contributed by atoms with Gasteiger partial charge in [-0.15, -0.1) is 0 Å². The number of hydrogen-bond donors (Lipinski definition) is 0. The molecule has 2 heteroatoms. The molecule has 0 aliphatic heterocycles. The van der Waals surface area contributed by atoms with Gasteiger partial charge in [0.25, 0.3) is 0 Å². The Bertz CT molecular complexity index is 1560. The maximum Gasteiger partial charge on any atom is 0.0788 e. The zero-order chi connectivity index (χ0) is 22.0. The Morgan fingerprint density at radius 3 is 2.21 bits per heavy atom. The molecule has 0 radical (unpaired) electrons. The highest BCUT2D eigenvalue weighted by atomic mass is 32.1. The number of hydrogen-bond acceptors (Lipinski definition) is 2. The second kappa shape index (κ2) is 8.80. The van der Waals surface area contributed by atoms with Crippen molar-refractivity contribution >= 4 is 43.7 Å².